The van der Waals surface area contributed by atoms with Gasteiger partial charge < -0.3 is 14.4 Å². The van der Waals surface area contributed by atoms with Crippen LogP contribution >= 0.6 is 0 Å². The standard InChI is InChI=1S/C18H29NO3/c1-2-21-13-7-16-8-14-22-18(16)9-11-19(12-10-18)17(20)15-5-3-4-6-15/h3-4,15-16H,2,5-14H2,1H3/t16-/m0/s1. The molecule has 4 heteroatoms. The number of carbonyl (C=O) groups excluding carboxylic acids is 1. The van der Waals surface area contributed by atoms with Gasteiger partial charge in [0.15, 0.2) is 0 Å². The lowest BCUT2D eigenvalue weighted by Gasteiger charge is -2.43. The zero-order valence-corrected chi connectivity index (χ0v) is 13.8. The van der Waals surface area contributed by atoms with Crippen molar-refractivity contribution in [2.75, 3.05) is 32.9 Å². The summed E-state index contributed by atoms with van der Waals surface area (Å²) in [6, 6.07) is 0. The summed E-state index contributed by atoms with van der Waals surface area (Å²) in [7, 11) is 0. The highest BCUT2D eigenvalue weighted by molar-refractivity contribution is 5.79. The Hall–Kier alpha value is -0.870. The molecule has 1 spiro atoms. The molecule has 0 aromatic heterocycles. The molecule has 3 rings (SSSR count). The van der Waals surface area contributed by atoms with Crippen LogP contribution in [0.2, 0.25) is 0 Å². The van der Waals surface area contributed by atoms with E-state index in [4.69, 9.17) is 9.47 Å². The van der Waals surface area contributed by atoms with Crippen molar-refractivity contribution in [3.8, 4) is 0 Å². The van der Waals surface area contributed by atoms with Crippen molar-refractivity contribution in [1.29, 1.82) is 0 Å². The van der Waals surface area contributed by atoms with Crippen molar-refractivity contribution >= 4 is 5.91 Å². The summed E-state index contributed by atoms with van der Waals surface area (Å²) in [6.45, 7) is 6.27. The van der Waals surface area contributed by atoms with E-state index >= 15 is 0 Å². The number of ether oxygens (including phenoxy) is 2. The van der Waals surface area contributed by atoms with E-state index in [1.807, 2.05) is 6.92 Å². The highest BCUT2D eigenvalue weighted by Crippen LogP contribution is 2.42. The van der Waals surface area contributed by atoms with Gasteiger partial charge in [-0.25, -0.2) is 0 Å². The molecular weight excluding hydrogens is 278 g/mol. The van der Waals surface area contributed by atoms with Crippen LogP contribution in [0, 0.1) is 11.8 Å². The van der Waals surface area contributed by atoms with E-state index in [9.17, 15) is 4.79 Å². The minimum Gasteiger partial charge on any atom is -0.382 e. The van der Waals surface area contributed by atoms with Crippen LogP contribution in [-0.4, -0.2) is 49.3 Å². The topological polar surface area (TPSA) is 38.8 Å². The summed E-state index contributed by atoms with van der Waals surface area (Å²) < 4.78 is 11.7. The second kappa shape index (κ2) is 7.14. The van der Waals surface area contributed by atoms with Gasteiger partial charge in [0.2, 0.25) is 5.91 Å². The Kier molecular flexibility index (Phi) is 5.19. The molecule has 2 saturated heterocycles. The quantitative estimate of drug-likeness (QED) is 0.579. The average Bonchev–Trinajstić information content (AvgIpc) is 3.19. The molecule has 1 atom stereocenters. The van der Waals surface area contributed by atoms with Gasteiger partial charge in [-0.3, -0.25) is 4.79 Å². The molecule has 2 aliphatic heterocycles. The van der Waals surface area contributed by atoms with Crippen LogP contribution in [-0.2, 0) is 14.3 Å². The molecular formula is C18H29NO3. The molecule has 0 saturated carbocycles. The molecule has 2 heterocycles. The molecule has 0 bridgehead atoms. The molecule has 2 fully saturated rings. The minimum absolute atomic E-state index is 0.0157. The third kappa shape index (κ3) is 3.23. The number of piperidine rings is 1. The molecule has 22 heavy (non-hydrogen) atoms. The summed E-state index contributed by atoms with van der Waals surface area (Å²) in [6.07, 6.45) is 10.4. The zero-order valence-electron chi connectivity index (χ0n) is 13.8. The van der Waals surface area contributed by atoms with Crippen molar-refractivity contribution in [2.24, 2.45) is 11.8 Å². The van der Waals surface area contributed by atoms with Gasteiger partial charge in [0.05, 0.1) is 5.60 Å². The fourth-order valence-corrected chi connectivity index (χ4v) is 4.30. The normalized spacial score (nSPS) is 27.9. The average molecular weight is 307 g/mol. The van der Waals surface area contributed by atoms with Gasteiger partial charge in [-0.2, -0.15) is 0 Å². The maximum atomic E-state index is 12.5. The van der Waals surface area contributed by atoms with Crippen molar-refractivity contribution in [1.82, 2.24) is 4.90 Å². The van der Waals surface area contributed by atoms with Crippen LogP contribution in [0.1, 0.15) is 45.4 Å². The third-order valence-corrected chi connectivity index (χ3v) is 5.69. The Labute approximate surface area is 133 Å². The summed E-state index contributed by atoms with van der Waals surface area (Å²) >= 11 is 0. The van der Waals surface area contributed by atoms with E-state index in [1.165, 1.54) is 0 Å². The molecule has 1 aliphatic carbocycles. The van der Waals surface area contributed by atoms with Gasteiger partial charge >= 0.3 is 0 Å². The maximum Gasteiger partial charge on any atom is 0.226 e. The van der Waals surface area contributed by atoms with Crippen LogP contribution in [0.15, 0.2) is 12.2 Å². The monoisotopic (exact) mass is 307 g/mol. The molecule has 0 radical (unpaired) electrons. The fourth-order valence-electron chi connectivity index (χ4n) is 4.30. The van der Waals surface area contributed by atoms with Crippen molar-refractivity contribution in [3.63, 3.8) is 0 Å². The molecule has 1 amide bonds. The number of likely N-dealkylation sites (tertiary alicyclic amines) is 1. The summed E-state index contributed by atoms with van der Waals surface area (Å²) in [5, 5.41) is 0. The highest BCUT2D eigenvalue weighted by atomic mass is 16.5. The van der Waals surface area contributed by atoms with Gasteiger partial charge in [-0.15, -0.1) is 0 Å². The Morgan fingerprint density at radius 2 is 2.05 bits per heavy atom. The molecule has 0 unspecified atom stereocenters. The number of rotatable bonds is 5. The molecule has 4 nitrogen and oxygen atoms in total. The number of amides is 1. The van der Waals surface area contributed by atoms with Gasteiger partial charge in [0.1, 0.15) is 0 Å². The van der Waals surface area contributed by atoms with E-state index < -0.39 is 0 Å². The number of carbonyl (C=O) groups is 1. The van der Waals surface area contributed by atoms with Crippen molar-refractivity contribution in [2.45, 2.75) is 51.0 Å². The number of allylic oxidation sites excluding steroid dienone is 2. The fraction of sp³-hybridized carbons (Fsp3) is 0.833. The number of nitrogens with zero attached hydrogens (tertiary/aromatic N) is 1. The smallest absolute Gasteiger partial charge is 0.226 e. The van der Waals surface area contributed by atoms with Crippen LogP contribution in [0.4, 0.5) is 0 Å². The first-order valence-electron chi connectivity index (χ1n) is 8.90. The number of hydrogen-bond acceptors (Lipinski definition) is 3. The van der Waals surface area contributed by atoms with E-state index in [-0.39, 0.29) is 11.5 Å². The summed E-state index contributed by atoms with van der Waals surface area (Å²) in [5.74, 6) is 1.15. The molecule has 0 aromatic rings. The van der Waals surface area contributed by atoms with Gasteiger partial charge in [-0.05, 0) is 51.4 Å². The van der Waals surface area contributed by atoms with E-state index in [1.54, 1.807) is 0 Å². The predicted octanol–water partition coefficient (Wildman–Crippen LogP) is 2.78. The van der Waals surface area contributed by atoms with Gasteiger partial charge in [0.25, 0.3) is 0 Å². The largest absolute Gasteiger partial charge is 0.382 e. The zero-order chi connectivity index (χ0) is 15.4. The third-order valence-electron chi connectivity index (χ3n) is 5.69. The Morgan fingerprint density at radius 3 is 2.73 bits per heavy atom. The lowest BCUT2D eigenvalue weighted by Crippen LogP contribution is -2.50. The molecule has 3 aliphatic rings. The Bertz CT molecular complexity index is 405. The molecule has 0 N–H and O–H groups in total. The Balaban J connectivity index is 1.52. The highest BCUT2D eigenvalue weighted by Gasteiger charge is 2.46. The van der Waals surface area contributed by atoms with Gasteiger partial charge in [0, 0.05) is 38.8 Å². The van der Waals surface area contributed by atoms with E-state index in [0.717, 1.165) is 71.4 Å². The predicted molar refractivity (Wildman–Crippen MR) is 85.6 cm³/mol. The van der Waals surface area contributed by atoms with Crippen LogP contribution in [0.25, 0.3) is 0 Å². The van der Waals surface area contributed by atoms with Crippen molar-refractivity contribution in [3.05, 3.63) is 12.2 Å². The first-order chi connectivity index (χ1) is 10.7. The summed E-state index contributed by atoms with van der Waals surface area (Å²) in [5.41, 5.74) is 0.0157. The second-order valence-electron chi connectivity index (χ2n) is 6.85. The SMILES string of the molecule is CCOCC[C@H]1CCOC12CCN(C(=O)C1CC=CC1)CC2. The lowest BCUT2D eigenvalue weighted by atomic mass is 9.78. The van der Waals surface area contributed by atoms with Crippen LogP contribution in [0.5, 0.6) is 0 Å². The van der Waals surface area contributed by atoms with E-state index in [0.29, 0.717) is 11.8 Å². The molecule has 124 valence electrons. The summed E-state index contributed by atoms with van der Waals surface area (Å²) in [4.78, 5) is 14.6. The molecule has 0 aromatic carbocycles. The van der Waals surface area contributed by atoms with Crippen LogP contribution in [0.3, 0.4) is 0 Å². The number of hydrogen-bond donors (Lipinski definition) is 0. The first kappa shape index (κ1) is 16.0. The lowest BCUT2D eigenvalue weighted by molar-refractivity contribution is -0.141. The van der Waals surface area contributed by atoms with Crippen LogP contribution < -0.4 is 0 Å². The minimum atomic E-state index is 0.0157. The second-order valence-corrected chi connectivity index (χ2v) is 6.85. The Morgan fingerprint density at radius 1 is 1.32 bits per heavy atom. The van der Waals surface area contributed by atoms with E-state index in [2.05, 4.69) is 17.1 Å². The maximum absolute atomic E-state index is 12.5. The first-order valence-corrected chi connectivity index (χ1v) is 8.90. The van der Waals surface area contributed by atoms with Crippen molar-refractivity contribution < 1.29 is 14.3 Å². The van der Waals surface area contributed by atoms with Gasteiger partial charge in [-0.1, -0.05) is 12.2 Å².